The first-order valence-corrected chi connectivity index (χ1v) is 7.78. The third-order valence-corrected chi connectivity index (χ3v) is 4.47. The highest BCUT2D eigenvalue weighted by Crippen LogP contribution is 2.27. The monoisotopic (exact) mass is 350 g/mol. The molecule has 0 amide bonds. The molecule has 0 aliphatic rings. The number of hydrogen-bond donors (Lipinski definition) is 0. The van der Waals surface area contributed by atoms with Crippen molar-refractivity contribution in [3.63, 3.8) is 0 Å². The van der Waals surface area contributed by atoms with Crippen LogP contribution in [0, 0.1) is 10.1 Å². The largest absolute Gasteiger partial charge is 0.376 e. The summed E-state index contributed by atoms with van der Waals surface area (Å²) in [4.78, 5) is 29.8. The van der Waals surface area contributed by atoms with Crippen molar-refractivity contribution in [2.45, 2.75) is 6.54 Å². The highest BCUT2D eigenvalue weighted by molar-refractivity contribution is 7.16. The fourth-order valence-corrected chi connectivity index (χ4v) is 3.38. The predicted octanol–water partition coefficient (Wildman–Crippen LogP) is 2.95. The van der Waals surface area contributed by atoms with Crippen molar-refractivity contribution < 1.29 is 4.92 Å². The zero-order chi connectivity index (χ0) is 16.6. The first kappa shape index (κ1) is 15.4. The highest BCUT2D eigenvalue weighted by atomic mass is 35.5. The SMILES string of the molecule is CN(Cc1ccc(Cl)s1)c1nc2ccccn2c(=O)c1[N+](=O)[O-]. The molecule has 0 N–H and O–H groups in total. The summed E-state index contributed by atoms with van der Waals surface area (Å²) in [7, 11) is 1.65. The maximum Gasteiger partial charge on any atom is 0.376 e. The predicted molar refractivity (Wildman–Crippen MR) is 89.6 cm³/mol. The van der Waals surface area contributed by atoms with Gasteiger partial charge in [-0.2, -0.15) is 0 Å². The van der Waals surface area contributed by atoms with Crippen molar-refractivity contribution in [2.24, 2.45) is 0 Å². The number of nitrogens with zero attached hydrogens (tertiary/aromatic N) is 4. The topological polar surface area (TPSA) is 80.8 Å². The molecule has 118 valence electrons. The maximum absolute atomic E-state index is 12.4. The van der Waals surface area contributed by atoms with Crippen LogP contribution < -0.4 is 10.5 Å². The van der Waals surface area contributed by atoms with Gasteiger partial charge in [-0.05, 0) is 24.3 Å². The van der Waals surface area contributed by atoms with Gasteiger partial charge in [0.15, 0.2) is 0 Å². The van der Waals surface area contributed by atoms with E-state index in [2.05, 4.69) is 4.98 Å². The molecule has 0 unspecified atom stereocenters. The molecule has 0 aromatic carbocycles. The molecule has 0 bridgehead atoms. The first-order chi connectivity index (χ1) is 11.0. The van der Waals surface area contributed by atoms with Crippen LogP contribution >= 0.6 is 22.9 Å². The minimum atomic E-state index is -0.702. The first-order valence-electron chi connectivity index (χ1n) is 6.58. The molecule has 0 fully saturated rings. The number of anilines is 1. The fraction of sp³-hybridized carbons (Fsp3) is 0.143. The lowest BCUT2D eigenvalue weighted by Crippen LogP contribution is -2.26. The summed E-state index contributed by atoms with van der Waals surface area (Å²) in [5.74, 6) is 0.0377. The number of fused-ring (bicyclic) bond motifs is 1. The zero-order valence-corrected chi connectivity index (χ0v) is 13.5. The van der Waals surface area contributed by atoms with Crippen molar-refractivity contribution in [3.05, 3.63) is 66.2 Å². The lowest BCUT2D eigenvalue weighted by atomic mass is 10.3. The Bertz CT molecular complexity index is 953. The van der Waals surface area contributed by atoms with E-state index in [1.54, 1.807) is 36.2 Å². The van der Waals surface area contributed by atoms with E-state index < -0.39 is 16.2 Å². The Morgan fingerprint density at radius 1 is 1.39 bits per heavy atom. The molecule has 0 radical (unpaired) electrons. The van der Waals surface area contributed by atoms with Gasteiger partial charge < -0.3 is 4.90 Å². The van der Waals surface area contributed by atoms with Crippen molar-refractivity contribution >= 4 is 40.1 Å². The van der Waals surface area contributed by atoms with Gasteiger partial charge in [-0.25, -0.2) is 4.98 Å². The van der Waals surface area contributed by atoms with E-state index in [-0.39, 0.29) is 5.82 Å². The van der Waals surface area contributed by atoms with Gasteiger partial charge in [-0.1, -0.05) is 17.7 Å². The van der Waals surface area contributed by atoms with Gasteiger partial charge in [0.1, 0.15) is 5.65 Å². The maximum atomic E-state index is 12.4. The number of hydrogen-bond acceptors (Lipinski definition) is 6. The summed E-state index contributed by atoms with van der Waals surface area (Å²) < 4.78 is 1.80. The third-order valence-electron chi connectivity index (χ3n) is 3.26. The summed E-state index contributed by atoms with van der Waals surface area (Å²) in [6.07, 6.45) is 1.46. The van der Waals surface area contributed by atoms with Crippen LogP contribution in [0.5, 0.6) is 0 Å². The molecule has 0 saturated carbocycles. The van der Waals surface area contributed by atoms with Crippen molar-refractivity contribution in [1.82, 2.24) is 9.38 Å². The summed E-state index contributed by atoms with van der Waals surface area (Å²) in [6, 6.07) is 8.56. The van der Waals surface area contributed by atoms with Gasteiger partial charge in [0.2, 0.25) is 5.82 Å². The third kappa shape index (κ3) is 2.90. The van der Waals surface area contributed by atoms with Crippen LogP contribution in [-0.2, 0) is 6.54 Å². The molecule has 3 aromatic heterocycles. The molecule has 3 rings (SSSR count). The van der Waals surface area contributed by atoms with Gasteiger partial charge >= 0.3 is 11.2 Å². The van der Waals surface area contributed by atoms with Crippen LogP contribution in [0.15, 0.2) is 41.3 Å². The number of pyridine rings is 1. The summed E-state index contributed by atoms with van der Waals surface area (Å²) >= 11 is 7.27. The number of aromatic nitrogens is 2. The van der Waals surface area contributed by atoms with Crippen LogP contribution in [0.3, 0.4) is 0 Å². The lowest BCUT2D eigenvalue weighted by molar-refractivity contribution is -0.385. The van der Waals surface area contributed by atoms with Gasteiger partial charge in [-0.3, -0.25) is 19.3 Å². The van der Waals surface area contributed by atoms with E-state index in [9.17, 15) is 14.9 Å². The minimum absolute atomic E-state index is 0.0377. The number of nitro groups is 1. The Hall–Kier alpha value is -2.45. The summed E-state index contributed by atoms with van der Waals surface area (Å²) in [5, 5.41) is 11.4. The highest BCUT2D eigenvalue weighted by Gasteiger charge is 2.26. The molecular weight excluding hydrogens is 340 g/mol. The number of rotatable bonds is 4. The second-order valence-corrected chi connectivity index (χ2v) is 6.64. The molecule has 3 aromatic rings. The Kier molecular flexibility index (Phi) is 4.01. The number of thiophene rings is 1. The Morgan fingerprint density at radius 3 is 2.83 bits per heavy atom. The van der Waals surface area contributed by atoms with Crippen molar-refractivity contribution in [2.75, 3.05) is 11.9 Å². The standard InChI is InChI=1S/C14H11ClN4O3S/c1-17(8-9-5-6-10(15)23-9)13-12(19(21)22)14(20)18-7-3-2-4-11(18)16-13/h2-7H,8H2,1H3. The van der Waals surface area contributed by atoms with E-state index in [0.29, 0.717) is 16.5 Å². The Balaban J connectivity index is 2.13. The average Bonchev–Trinajstić information content (AvgIpc) is 2.91. The molecule has 0 atom stereocenters. The van der Waals surface area contributed by atoms with Gasteiger partial charge in [0.25, 0.3) is 0 Å². The molecule has 0 aliphatic heterocycles. The van der Waals surface area contributed by atoms with Gasteiger partial charge in [0.05, 0.1) is 15.8 Å². The minimum Gasteiger partial charge on any atom is -0.349 e. The van der Waals surface area contributed by atoms with E-state index in [0.717, 1.165) is 9.28 Å². The van der Waals surface area contributed by atoms with Crippen molar-refractivity contribution in [3.8, 4) is 0 Å². The second-order valence-electron chi connectivity index (χ2n) is 4.84. The van der Waals surface area contributed by atoms with Crippen LogP contribution in [-0.4, -0.2) is 21.4 Å². The smallest absolute Gasteiger partial charge is 0.349 e. The second kappa shape index (κ2) is 5.98. The molecule has 9 heteroatoms. The molecule has 0 saturated heterocycles. The molecule has 7 nitrogen and oxygen atoms in total. The van der Waals surface area contributed by atoms with Gasteiger partial charge in [-0.15, -0.1) is 11.3 Å². The molecule has 23 heavy (non-hydrogen) atoms. The summed E-state index contributed by atoms with van der Waals surface area (Å²) in [5.41, 5.74) is -0.889. The van der Waals surface area contributed by atoms with Crippen LogP contribution in [0.1, 0.15) is 4.88 Å². The average molecular weight is 351 g/mol. The normalized spacial score (nSPS) is 10.9. The Labute approximate surface area is 139 Å². The molecule has 0 aliphatic carbocycles. The lowest BCUT2D eigenvalue weighted by Gasteiger charge is -2.17. The van der Waals surface area contributed by atoms with Crippen LogP contribution in [0.4, 0.5) is 11.5 Å². The van der Waals surface area contributed by atoms with Crippen LogP contribution in [0.2, 0.25) is 4.34 Å². The fourth-order valence-electron chi connectivity index (χ4n) is 2.24. The van der Waals surface area contributed by atoms with E-state index in [1.165, 1.54) is 17.5 Å². The van der Waals surface area contributed by atoms with Crippen molar-refractivity contribution in [1.29, 1.82) is 0 Å². The van der Waals surface area contributed by atoms with E-state index in [1.807, 2.05) is 6.07 Å². The molecule has 0 spiro atoms. The van der Waals surface area contributed by atoms with E-state index >= 15 is 0 Å². The van der Waals surface area contributed by atoms with Crippen LogP contribution in [0.25, 0.3) is 5.65 Å². The summed E-state index contributed by atoms with van der Waals surface area (Å²) in [6.45, 7) is 0.369. The molecule has 3 heterocycles. The quantitative estimate of drug-likeness (QED) is 0.533. The zero-order valence-electron chi connectivity index (χ0n) is 12.0. The Morgan fingerprint density at radius 2 is 2.17 bits per heavy atom. The number of halogens is 1. The van der Waals surface area contributed by atoms with E-state index in [4.69, 9.17) is 11.6 Å². The van der Waals surface area contributed by atoms with Gasteiger partial charge in [0, 0.05) is 18.1 Å². The molecular formula is C14H11ClN4O3S.